The van der Waals surface area contributed by atoms with Crippen molar-refractivity contribution < 1.29 is 13.9 Å². The van der Waals surface area contributed by atoms with Crippen molar-refractivity contribution in [1.82, 2.24) is 0 Å². The smallest absolute Gasteiger partial charge is 0.279 e. The molecule has 4 nitrogen and oxygen atoms in total. The number of halogens is 1. The highest BCUT2D eigenvalue weighted by molar-refractivity contribution is 9.10. The van der Waals surface area contributed by atoms with Gasteiger partial charge in [-0.25, -0.2) is 4.99 Å². The number of amides is 1. The molecule has 0 fully saturated rings. The van der Waals surface area contributed by atoms with Gasteiger partial charge in [0.15, 0.2) is 0 Å². The van der Waals surface area contributed by atoms with Crippen LogP contribution in [-0.4, -0.2) is 13.0 Å². The summed E-state index contributed by atoms with van der Waals surface area (Å²) in [6.45, 7) is 0. The molecule has 32 heavy (non-hydrogen) atoms. The maximum Gasteiger partial charge on any atom is 0.279 e. The average molecular weight is 482 g/mol. The van der Waals surface area contributed by atoms with Gasteiger partial charge in [-0.1, -0.05) is 64.5 Å². The van der Waals surface area contributed by atoms with Crippen molar-refractivity contribution in [1.29, 1.82) is 0 Å². The summed E-state index contributed by atoms with van der Waals surface area (Å²) < 4.78 is 12.8. The second-order valence-electron chi connectivity index (χ2n) is 7.65. The Morgan fingerprint density at radius 1 is 0.938 bits per heavy atom. The fraction of sp³-hybridized carbons (Fsp3) is 0.0370. The molecule has 0 N–H and O–H groups in total. The zero-order valence-electron chi connectivity index (χ0n) is 17.1. The van der Waals surface area contributed by atoms with Crippen LogP contribution in [0.25, 0.3) is 38.6 Å². The highest BCUT2D eigenvalue weighted by Crippen LogP contribution is 2.42. The van der Waals surface area contributed by atoms with E-state index in [9.17, 15) is 4.79 Å². The lowest BCUT2D eigenvalue weighted by Gasteiger charge is -2.07. The van der Waals surface area contributed by atoms with E-state index in [1.807, 2.05) is 78.9 Å². The van der Waals surface area contributed by atoms with Crippen LogP contribution in [0, 0.1) is 0 Å². The van der Waals surface area contributed by atoms with Gasteiger partial charge >= 0.3 is 0 Å². The first kappa shape index (κ1) is 19.0. The van der Waals surface area contributed by atoms with Crippen LogP contribution in [0.15, 0.2) is 92.7 Å². The molecule has 1 aliphatic rings. The Balaban J connectivity index is 1.83. The number of carbonyl (C=O) groups is 1. The van der Waals surface area contributed by atoms with Gasteiger partial charge in [-0.05, 0) is 41.1 Å². The van der Waals surface area contributed by atoms with Crippen LogP contribution in [0.3, 0.4) is 0 Å². The Kier molecular flexibility index (Phi) is 4.26. The van der Waals surface area contributed by atoms with E-state index in [0.29, 0.717) is 22.3 Å². The molecule has 5 aromatic rings. The second kappa shape index (κ2) is 7.18. The first-order valence-corrected chi connectivity index (χ1v) is 11.0. The van der Waals surface area contributed by atoms with E-state index in [0.717, 1.165) is 42.7 Å². The molecular formula is C27H16BrNO3. The molecule has 0 unspecified atom stereocenters. The topological polar surface area (TPSA) is 51.8 Å². The van der Waals surface area contributed by atoms with E-state index in [1.54, 1.807) is 7.11 Å². The Bertz CT molecular complexity index is 1680. The van der Waals surface area contributed by atoms with Crippen LogP contribution in [0.2, 0.25) is 0 Å². The highest BCUT2D eigenvalue weighted by atomic mass is 79.9. The number of hydrogen-bond donors (Lipinski definition) is 0. The molecule has 1 aromatic heterocycles. The van der Waals surface area contributed by atoms with Crippen molar-refractivity contribution >= 4 is 49.2 Å². The quantitative estimate of drug-likeness (QED) is 0.347. The molecule has 0 radical (unpaired) electrons. The number of ether oxygens (including phenoxy) is 1. The van der Waals surface area contributed by atoms with E-state index < -0.39 is 0 Å². The van der Waals surface area contributed by atoms with Gasteiger partial charge < -0.3 is 9.15 Å². The number of rotatable bonds is 3. The van der Waals surface area contributed by atoms with E-state index >= 15 is 0 Å². The highest BCUT2D eigenvalue weighted by Gasteiger charge is 2.28. The molecule has 4 aromatic carbocycles. The molecular weight excluding hydrogens is 466 g/mol. The van der Waals surface area contributed by atoms with Crippen molar-refractivity contribution in [2.75, 3.05) is 7.11 Å². The zero-order valence-corrected chi connectivity index (χ0v) is 18.6. The van der Waals surface area contributed by atoms with Crippen LogP contribution in [0.4, 0.5) is 0 Å². The summed E-state index contributed by atoms with van der Waals surface area (Å²) in [6.07, 6.45) is 0. The average Bonchev–Trinajstić information content (AvgIpc) is 3.35. The molecule has 6 rings (SSSR count). The molecule has 1 aliphatic heterocycles. The minimum absolute atomic E-state index is 0.266. The van der Waals surface area contributed by atoms with Gasteiger partial charge in [-0.15, -0.1) is 0 Å². The molecule has 0 aliphatic carbocycles. The van der Waals surface area contributed by atoms with Gasteiger partial charge in [0.1, 0.15) is 17.1 Å². The van der Waals surface area contributed by atoms with Crippen LogP contribution in [-0.2, 0) is 4.79 Å². The van der Waals surface area contributed by atoms with Crippen molar-refractivity contribution in [2.24, 2.45) is 4.99 Å². The fourth-order valence-electron chi connectivity index (χ4n) is 4.39. The summed E-state index contributed by atoms with van der Waals surface area (Å²) in [4.78, 5) is 17.6. The minimum Gasteiger partial charge on any atom is -0.497 e. The summed E-state index contributed by atoms with van der Waals surface area (Å²) in [5, 5.41) is 4.35. The molecule has 5 heteroatoms. The largest absolute Gasteiger partial charge is 0.497 e. The molecule has 0 saturated carbocycles. The van der Waals surface area contributed by atoms with Crippen LogP contribution >= 0.6 is 15.9 Å². The van der Waals surface area contributed by atoms with Crippen molar-refractivity contribution in [3.63, 3.8) is 0 Å². The third-order valence-corrected chi connectivity index (χ3v) is 6.32. The van der Waals surface area contributed by atoms with Crippen molar-refractivity contribution in [3.8, 4) is 17.1 Å². The SMILES string of the molecule is COc1ccc2ccc3oc(-c4ccccc4)c(C4=c5ccc(Br)cc5=NC4=O)c3c2c1. The number of carbonyl (C=O) groups excluding carboxylic acids is 1. The van der Waals surface area contributed by atoms with Gasteiger partial charge in [0.05, 0.1) is 18.0 Å². The van der Waals surface area contributed by atoms with Gasteiger partial charge in [0.2, 0.25) is 0 Å². The standard InChI is InChI=1S/C27H16BrNO3/c1-31-18-10-7-15-8-12-22-23(20(15)14-18)25(26(32-22)16-5-3-2-4-6-16)24-19-11-9-17(28)13-21(19)29-27(24)30/h2-14H,1H3. The number of fused-ring (bicyclic) bond motifs is 4. The van der Waals surface area contributed by atoms with Gasteiger partial charge in [0, 0.05) is 26.2 Å². The fourth-order valence-corrected chi connectivity index (χ4v) is 4.73. The number of benzene rings is 4. The Morgan fingerprint density at radius 2 is 1.75 bits per heavy atom. The predicted octanol–water partition coefficient (Wildman–Crippen LogP) is 5.38. The van der Waals surface area contributed by atoms with E-state index in [-0.39, 0.29) is 5.91 Å². The third-order valence-electron chi connectivity index (χ3n) is 5.83. The Hall–Kier alpha value is -3.70. The van der Waals surface area contributed by atoms with Crippen molar-refractivity contribution in [2.45, 2.75) is 0 Å². The minimum atomic E-state index is -0.266. The lowest BCUT2D eigenvalue weighted by atomic mass is 9.94. The summed E-state index contributed by atoms with van der Waals surface area (Å²) in [5.74, 6) is 1.14. The summed E-state index contributed by atoms with van der Waals surface area (Å²) in [5.41, 5.74) is 2.94. The Morgan fingerprint density at radius 3 is 2.56 bits per heavy atom. The maximum atomic E-state index is 13.2. The van der Waals surface area contributed by atoms with E-state index in [1.165, 1.54) is 0 Å². The first-order valence-electron chi connectivity index (χ1n) is 10.2. The maximum absolute atomic E-state index is 13.2. The molecule has 0 atom stereocenters. The van der Waals surface area contributed by atoms with Crippen LogP contribution < -0.4 is 15.3 Å². The third kappa shape index (κ3) is 2.82. The van der Waals surface area contributed by atoms with Crippen molar-refractivity contribution in [3.05, 3.63) is 99.5 Å². The summed E-state index contributed by atoms with van der Waals surface area (Å²) >= 11 is 3.48. The zero-order chi connectivity index (χ0) is 21.8. The lowest BCUT2D eigenvalue weighted by molar-refractivity contribution is -0.112. The molecule has 0 spiro atoms. The normalized spacial score (nSPS) is 12.9. The molecule has 2 heterocycles. The van der Waals surface area contributed by atoms with Gasteiger partial charge in [0.25, 0.3) is 5.91 Å². The summed E-state index contributed by atoms with van der Waals surface area (Å²) in [7, 11) is 1.65. The van der Waals surface area contributed by atoms with Crippen LogP contribution in [0.5, 0.6) is 5.75 Å². The van der Waals surface area contributed by atoms with E-state index in [2.05, 4.69) is 20.9 Å². The lowest BCUT2D eigenvalue weighted by Crippen LogP contribution is -2.23. The number of furan rings is 1. The monoisotopic (exact) mass is 481 g/mol. The molecule has 154 valence electrons. The summed E-state index contributed by atoms with van der Waals surface area (Å²) in [6, 6.07) is 25.5. The number of hydrogen-bond acceptors (Lipinski definition) is 3. The van der Waals surface area contributed by atoms with E-state index in [4.69, 9.17) is 9.15 Å². The molecule has 0 bridgehead atoms. The number of methoxy groups -OCH3 is 1. The van der Waals surface area contributed by atoms with Gasteiger partial charge in [-0.2, -0.15) is 0 Å². The second-order valence-corrected chi connectivity index (χ2v) is 8.57. The predicted molar refractivity (Wildman–Crippen MR) is 128 cm³/mol. The molecule has 1 amide bonds. The molecule has 0 saturated heterocycles. The Labute approximate surface area is 191 Å². The van der Waals surface area contributed by atoms with Crippen LogP contribution in [0.1, 0.15) is 5.56 Å². The number of nitrogens with zero attached hydrogens (tertiary/aromatic N) is 1. The first-order chi connectivity index (χ1) is 15.6. The van der Waals surface area contributed by atoms with Gasteiger partial charge in [-0.3, -0.25) is 4.79 Å².